The molecule has 0 unspecified atom stereocenters. The Hall–Kier alpha value is 2.79. The second-order valence-corrected chi connectivity index (χ2v) is 24.1. The molecule has 0 aliphatic carbocycles. The second kappa shape index (κ2) is 8.03. The van der Waals surface area contributed by atoms with Gasteiger partial charge >= 0.3 is 186 Å². The van der Waals surface area contributed by atoms with Crippen LogP contribution in [0.4, 0.5) is 0 Å². The van der Waals surface area contributed by atoms with Crippen molar-refractivity contribution in [3.63, 3.8) is 0 Å². The van der Waals surface area contributed by atoms with Gasteiger partial charge in [-0.15, -0.1) is 0 Å². The Morgan fingerprint density at radius 2 is 0.870 bits per heavy atom. The molecule has 0 aromatic heterocycles. The number of allylic oxidation sites excluding steroid dienone is 2. The minimum absolute atomic E-state index is 0.699. The van der Waals surface area contributed by atoms with Gasteiger partial charge in [-0.3, -0.25) is 0 Å². The first-order valence-corrected chi connectivity index (χ1v) is 18.8. The molecule has 0 aromatic carbocycles. The van der Waals surface area contributed by atoms with Crippen molar-refractivity contribution < 1.29 is 0 Å². The molecule has 23 heavy (non-hydrogen) atoms. The fourth-order valence-electron chi connectivity index (χ4n) is 2.43. The van der Waals surface area contributed by atoms with Crippen molar-refractivity contribution >= 4 is 119 Å². The van der Waals surface area contributed by atoms with Crippen molar-refractivity contribution in [1.29, 1.82) is 0 Å². The molecular formula is C14H12S5Se4. The van der Waals surface area contributed by atoms with Crippen LogP contribution in [0.5, 0.6) is 0 Å². The van der Waals surface area contributed by atoms with Gasteiger partial charge in [-0.25, -0.2) is 0 Å². The van der Waals surface area contributed by atoms with Gasteiger partial charge < -0.3 is 0 Å². The second-order valence-electron chi connectivity index (χ2n) is 4.98. The van der Waals surface area contributed by atoms with E-state index in [-0.39, 0.29) is 0 Å². The Balaban J connectivity index is 1.32. The Bertz CT molecular complexity index is 595. The Kier molecular flexibility index (Phi) is 6.24. The van der Waals surface area contributed by atoms with Crippen LogP contribution >= 0.6 is 58.8 Å². The average molecular weight is 656 g/mol. The summed E-state index contributed by atoms with van der Waals surface area (Å²) >= 11 is 13.7. The molecule has 122 valence electrons. The quantitative estimate of drug-likeness (QED) is 0.362. The fourth-order valence-corrected chi connectivity index (χ4v) is 29.3. The maximum atomic E-state index is 2.23. The Morgan fingerprint density at radius 3 is 1.22 bits per heavy atom. The van der Waals surface area contributed by atoms with E-state index in [1.165, 1.54) is 35.9 Å². The summed E-state index contributed by atoms with van der Waals surface area (Å²) in [5.74, 6) is 5.40. The molecule has 5 rings (SSSR count). The van der Waals surface area contributed by atoms with E-state index >= 15 is 0 Å². The predicted molar refractivity (Wildman–Crippen MR) is 118 cm³/mol. The van der Waals surface area contributed by atoms with E-state index < -0.39 is 0 Å². The summed E-state index contributed by atoms with van der Waals surface area (Å²) in [7, 11) is 0. The predicted octanol–water partition coefficient (Wildman–Crippen LogP) is 3.91. The SMILES string of the molecule is C1CSC2=C(S1)[Se]C(=C1CCC(=C3[Se]C4=C(SCCS4)[Se]3)S1)[Se]2. The molecule has 0 amide bonds. The number of rotatable bonds is 0. The molecule has 5 aliphatic rings. The van der Waals surface area contributed by atoms with Crippen LogP contribution in [0, 0.1) is 0 Å². The van der Waals surface area contributed by atoms with Crippen LogP contribution in [-0.2, 0) is 0 Å². The van der Waals surface area contributed by atoms with Crippen LogP contribution < -0.4 is 0 Å². The molecule has 0 atom stereocenters. The molecule has 1 fully saturated rings. The Morgan fingerprint density at radius 1 is 0.522 bits per heavy atom. The number of hydrogen-bond acceptors (Lipinski definition) is 5. The van der Waals surface area contributed by atoms with E-state index in [1.807, 2.05) is 6.74 Å². The van der Waals surface area contributed by atoms with E-state index in [4.69, 9.17) is 0 Å². The molecule has 0 aromatic rings. The van der Waals surface area contributed by atoms with Crippen LogP contribution in [0.25, 0.3) is 0 Å². The van der Waals surface area contributed by atoms with Gasteiger partial charge in [-0.1, -0.05) is 0 Å². The van der Waals surface area contributed by atoms with Gasteiger partial charge in [0.1, 0.15) is 0 Å². The third-order valence-corrected chi connectivity index (χ3v) is 27.9. The van der Waals surface area contributed by atoms with E-state index in [0.29, 0.717) is 59.8 Å². The molecule has 9 heteroatoms. The fraction of sp³-hybridized carbons (Fsp3) is 0.429. The first kappa shape index (κ1) is 17.9. The van der Waals surface area contributed by atoms with Crippen LogP contribution in [0.15, 0.2) is 31.8 Å². The molecule has 0 radical (unpaired) electrons. The van der Waals surface area contributed by atoms with E-state index in [2.05, 4.69) is 58.8 Å². The standard InChI is InChI=1S/C14H12S5Se4/c1-2-8(14-22-11-12(23-14)18-6-5-17-11)19-7(1)13-20-9-10(21-13)16-4-3-15-9/h1-6H2. The van der Waals surface area contributed by atoms with Crippen molar-refractivity contribution in [2.45, 2.75) is 12.8 Å². The summed E-state index contributed by atoms with van der Waals surface area (Å²) in [6.45, 7) is 0. The van der Waals surface area contributed by atoms with E-state index in [9.17, 15) is 0 Å². The van der Waals surface area contributed by atoms with Gasteiger partial charge in [0.2, 0.25) is 0 Å². The summed E-state index contributed by atoms with van der Waals surface area (Å²) < 4.78 is 11.0. The summed E-state index contributed by atoms with van der Waals surface area (Å²) in [4.78, 5) is 3.61. The zero-order valence-electron chi connectivity index (χ0n) is 11.9. The summed E-state index contributed by atoms with van der Waals surface area (Å²) in [6.07, 6.45) is 2.74. The van der Waals surface area contributed by atoms with Crippen molar-refractivity contribution in [1.82, 2.24) is 0 Å². The number of thioether (sulfide) groups is 5. The summed E-state index contributed by atoms with van der Waals surface area (Å²) in [5, 5.41) is 0. The summed E-state index contributed by atoms with van der Waals surface area (Å²) in [6, 6.07) is 0. The monoisotopic (exact) mass is 660 g/mol. The molecule has 0 saturated carbocycles. The Labute approximate surface area is 183 Å². The van der Waals surface area contributed by atoms with E-state index in [0.717, 1.165) is 0 Å². The zero-order chi connectivity index (χ0) is 15.2. The molecule has 0 spiro atoms. The molecule has 0 bridgehead atoms. The maximum absolute atomic E-state index is 2.23. The number of hydrogen-bond donors (Lipinski definition) is 0. The van der Waals surface area contributed by atoms with Crippen LogP contribution in [-0.4, -0.2) is 82.8 Å². The van der Waals surface area contributed by atoms with E-state index in [1.54, 1.807) is 25.0 Å². The third kappa shape index (κ3) is 3.85. The average Bonchev–Trinajstić information content (AvgIpc) is 3.30. The minimum atomic E-state index is 0.699. The van der Waals surface area contributed by atoms with Crippen LogP contribution in [0.3, 0.4) is 0 Å². The first-order valence-electron chi connectivity index (χ1n) is 7.22. The summed E-state index contributed by atoms with van der Waals surface area (Å²) in [5.41, 5.74) is 0. The molecule has 0 nitrogen and oxygen atoms in total. The third-order valence-electron chi connectivity index (χ3n) is 3.46. The molecule has 1 saturated heterocycles. The molecule has 0 N–H and O–H groups in total. The normalized spacial score (nSPS) is 28.2. The van der Waals surface area contributed by atoms with Crippen molar-refractivity contribution in [2.24, 2.45) is 0 Å². The van der Waals surface area contributed by atoms with Gasteiger partial charge in [-0.05, 0) is 0 Å². The van der Waals surface area contributed by atoms with Crippen LogP contribution in [0.1, 0.15) is 12.8 Å². The molecular weight excluding hydrogens is 644 g/mol. The topological polar surface area (TPSA) is 0 Å². The van der Waals surface area contributed by atoms with Gasteiger partial charge in [0.15, 0.2) is 0 Å². The van der Waals surface area contributed by atoms with Crippen molar-refractivity contribution in [3.05, 3.63) is 31.8 Å². The first-order chi connectivity index (χ1) is 11.4. The van der Waals surface area contributed by atoms with Crippen molar-refractivity contribution in [2.75, 3.05) is 23.0 Å². The van der Waals surface area contributed by atoms with Gasteiger partial charge in [-0.2, -0.15) is 0 Å². The van der Waals surface area contributed by atoms with Gasteiger partial charge in [0.05, 0.1) is 0 Å². The molecule has 5 aliphatic heterocycles. The van der Waals surface area contributed by atoms with Gasteiger partial charge in [0.25, 0.3) is 0 Å². The van der Waals surface area contributed by atoms with Crippen LogP contribution in [0.2, 0.25) is 0 Å². The zero-order valence-corrected chi connectivity index (χ0v) is 22.9. The van der Waals surface area contributed by atoms with Gasteiger partial charge in [0, 0.05) is 0 Å². The van der Waals surface area contributed by atoms with Crippen molar-refractivity contribution in [3.8, 4) is 0 Å². The molecule has 5 heterocycles.